The molecule has 1 aliphatic carbocycles. The predicted octanol–water partition coefficient (Wildman–Crippen LogP) is 3.77. The molecule has 1 aromatic carbocycles. The Labute approximate surface area is 117 Å². The van der Waals surface area contributed by atoms with Crippen LogP contribution in [0, 0.1) is 26.7 Å². The van der Waals surface area contributed by atoms with Crippen LogP contribution >= 0.6 is 0 Å². The van der Waals surface area contributed by atoms with Crippen molar-refractivity contribution in [3.8, 4) is 5.75 Å². The van der Waals surface area contributed by atoms with E-state index in [1.54, 1.807) is 0 Å². The van der Waals surface area contributed by atoms with Crippen LogP contribution in [0.5, 0.6) is 5.75 Å². The third-order valence-corrected chi connectivity index (χ3v) is 4.18. The first-order valence-corrected chi connectivity index (χ1v) is 7.49. The van der Waals surface area contributed by atoms with E-state index in [0.717, 1.165) is 18.2 Å². The van der Waals surface area contributed by atoms with Crippen molar-refractivity contribution in [2.45, 2.75) is 52.6 Å². The number of rotatable bonds is 4. The van der Waals surface area contributed by atoms with Crippen LogP contribution in [0.2, 0.25) is 0 Å². The maximum atomic E-state index is 6.28. The highest BCUT2D eigenvalue weighted by Gasteiger charge is 2.22. The fourth-order valence-corrected chi connectivity index (χ4v) is 3.26. The van der Waals surface area contributed by atoms with E-state index >= 15 is 0 Å². The summed E-state index contributed by atoms with van der Waals surface area (Å²) in [6.45, 7) is 7.60. The highest BCUT2D eigenvalue weighted by Crippen LogP contribution is 2.31. The smallest absolute Gasteiger partial charge is 0.125 e. The largest absolute Gasteiger partial charge is 0.490 e. The van der Waals surface area contributed by atoms with Crippen LogP contribution in [-0.4, -0.2) is 19.7 Å². The van der Waals surface area contributed by atoms with Gasteiger partial charge in [-0.05, 0) is 77.1 Å². The molecule has 0 radical (unpaired) electrons. The molecule has 1 aromatic rings. The van der Waals surface area contributed by atoms with Gasteiger partial charge in [-0.1, -0.05) is 17.7 Å². The molecule has 0 amide bonds. The van der Waals surface area contributed by atoms with Crippen LogP contribution in [0.3, 0.4) is 0 Å². The third kappa shape index (κ3) is 3.73. The highest BCUT2D eigenvalue weighted by atomic mass is 16.5. The quantitative estimate of drug-likeness (QED) is 0.891. The van der Waals surface area contributed by atoms with Gasteiger partial charge in [0.15, 0.2) is 0 Å². The summed E-state index contributed by atoms with van der Waals surface area (Å²) in [6, 6.07) is 4.43. The topological polar surface area (TPSA) is 21.3 Å². The summed E-state index contributed by atoms with van der Waals surface area (Å²) in [4.78, 5) is 0. The van der Waals surface area contributed by atoms with Gasteiger partial charge in [0.05, 0.1) is 6.10 Å². The van der Waals surface area contributed by atoms with Crippen molar-refractivity contribution in [3.05, 3.63) is 28.8 Å². The van der Waals surface area contributed by atoms with Gasteiger partial charge in [0.1, 0.15) is 5.75 Å². The van der Waals surface area contributed by atoms with Gasteiger partial charge < -0.3 is 10.1 Å². The molecule has 1 aliphatic rings. The zero-order chi connectivity index (χ0) is 13.8. The number of benzene rings is 1. The molecule has 1 fully saturated rings. The molecule has 1 N–H and O–H groups in total. The first-order valence-electron chi connectivity index (χ1n) is 7.49. The summed E-state index contributed by atoms with van der Waals surface area (Å²) in [6.07, 6.45) is 5.37. The lowest BCUT2D eigenvalue weighted by molar-refractivity contribution is 0.129. The molecule has 0 spiro atoms. The van der Waals surface area contributed by atoms with Crippen molar-refractivity contribution in [3.63, 3.8) is 0 Å². The van der Waals surface area contributed by atoms with E-state index in [1.807, 2.05) is 7.05 Å². The van der Waals surface area contributed by atoms with E-state index in [1.165, 1.54) is 42.4 Å². The number of nitrogens with one attached hydrogen (secondary N) is 1. The number of hydrogen-bond acceptors (Lipinski definition) is 2. The summed E-state index contributed by atoms with van der Waals surface area (Å²) < 4.78 is 6.28. The Morgan fingerprint density at radius 1 is 1.05 bits per heavy atom. The third-order valence-electron chi connectivity index (χ3n) is 4.18. The lowest BCUT2D eigenvalue weighted by atomic mass is 9.87. The van der Waals surface area contributed by atoms with E-state index in [2.05, 4.69) is 38.2 Å². The van der Waals surface area contributed by atoms with Gasteiger partial charge in [-0.15, -0.1) is 0 Å². The Hall–Kier alpha value is -1.02. The Kier molecular flexibility index (Phi) is 4.87. The summed E-state index contributed by atoms with van der Waals surface area (Å²) >= 11 is 0. The van der Waals surface area contributed by atoms with E-state index in [9.17, 15) is 0 Å². The zero-order valence-electron chi connectivity index (χ0n) is 12.8. The minimum atomic E-state index is 0.410. The van der Waals surface area contributed by atoms with E-state index in [0.29, 0.717) is 6.10 Å². The fourth-order valence-electron chi connectivity index (χ4n) is 3.26. The minimum absolute atomic E-state index is 0.410. The molecule has 2 heteroatoms. The van der Waals surface area contributed by atoms with Crippen LogP contribution in [0.4, 0.5) is 0 Å². The normalized spacial score (nSPS) is 23.4. The number of aryl methyl sites for hydroxylation is 3. The van der Waals surface area contributed by atoms with Crippen molar-refractivity contribution < 1.29 is 4.74 Å². The van der Waals surface area contributed by atoms with Crippen molar-refractivity contribution in [2.24, 2.45) is 5.92 Å². The molecule has 0 aromatic heterocycles. The fraction of sp³-hybridized carbons (Fsp3) is 0.647. The number of hydrogen-bond donors (Lipinski definition) is 1. The van der Waals surface area contributed by atoms with Crippen molar-refractivity contribution in [1.29, 1.82) is 0 Å². The van der Waals surface area contributed by atoms with E-state index < -0.39 is 0 Å². The van der Waals surface area contributed by atoms with Gasteiger partial charge in [0.2, 0.25) is 0 Å². The first-order chi connectivity index (χ1) is 9.10. The lowest BCUT2D eigenvalue weighted by Gasteiger charge is -2.30. The van der Waals surface area contributed by atoms with Crippen molar-refractivity contribution >= 4 is 0 Å². The Morgan fingerprint density at radius 2 is 1.63 bits per heavy atom. The maximum Gasteiger partial charge on any atom is 0.125 e. The van der Waals surface area contributed by atoms with Crippen LogP contribution in [0.1, 0.15) is 42.4 Å². The standard InChI is InChI=1S/C17H27NO/c1-12-9-13(2)17(14(3)10-12)19-16-7-5-15(6-8-16)11-18-4/h9-10,15-16,18H,5-8,11H2,1-4H3. The van der Waals surface area contributed by atoms with E-state index in [4.69, 9.17) is 4.74 Å². The Balaban J connectivity index is 1.96. The molecule has 19 heavy (non-hydrogen) atoms. The zero-order valence-corrected chi connectivity index (χ0v) is 12.8. The van der Waals surface area contributed by atoms with Gasteiger partial charge in [-0.25, -0.2) is 0 Å². The molecule has 0 aliphatic heterocycles. The summed E-state index contributed by atoms with van der Waals surface area (Å²) in [5.41, 5.74) is 3.87. The maximum absolute atomic E-state index is 6.28. The van der Waals surface area contributed by atoms with Crippen LogP contribution in [-0.2, 0) is 0 Å². The van der Waals surface area contributed by atoms with Crippen LogP contribution in [0.15, 0.2) is 12.1 Å². The van der Waals surface area contributed by atoms with E-state index in [-0.39, 0.29) is 0 Å². The SMILES string of the molecule is CNCC1CCC(Oc2c(C)cc(C)cc2C)CC1. The van der Waals surface area contributed by atoms with Gasteiger partial charge in [0.25, 0.3) is 0 Å². The molecule has 0 saturated heterocycles. The molecule has 1 saturated carbocycles. The van der Waals surface area contributed by atoms with Gasteiger partial charge >= 0.3 is 0 Å². The van der Waals surface area contributed by atoms with Gasteiger partial charge in [-0.2, -0.15) is 0 Å². The predicted molar refractivity (Wildman–Crippen MR) is 81.0 cm³/mol. The first kappa shape index (κ1) is 14.4. The minimum Gasteiger partial charge on any atom is -0.490 e. The van der Waals surface area contributed by atoms with Crippen molar-refractivity contribution in [1.82, 2.24) is 5.32 Å². The highest BCUT2D eigenvalue weighted by molar-refractivity contribution is 5.43. The Bertz CT molecular complexity index is 396. The number of ether oxygens (including phenoxy) is 1. The van der Waals surface area contributed by atoms with Crippen LogP contribution in [0.25, 0.3) is 0 Å². The summed E-state index contributed by atoms with van der Waals surface area (Å²) in [5.74, 6) is 1.95. The molecule has 106 valence electrons. The molecule has 2 nitrogen and oxygen atoms in total. The van der Waals surface area contributed by atoms with Crippen LogP contribution < -0.4 is 10.1 Å². The lowest BCUT2D eigenvalue weighted by Crippen LogP contribution is -2.29. The molecular weight excluding hydrogens is 234 g/mol. The second kappa shape index (κ2) is 6.42. The molecular formula is C17H27NO. The second-order valence-electron chi connectivity index (χ2n) is 6.05. The Morgan fingerprint density at radius 3 is 2.16 bits per heavy atom. The summed E-state index contributed by atoms with van der Waals surface area (Å²) in [5, 5.41) is 3.29. The molecule has 2 rings (SSSR count). The molecule has 0 unspecified atom stereocenters. The second-order valence-corrected chi connectivity index (χ2v) is 6.05. The van der Waals surface area contributed by atoms with Crippen molar-refractivity contribution in [2.75, 3.05) is 13.6 Å². The molecule has 0 heterocycles. The summed E-state index contributed by atoms with van der Waals surface area (Å²) in [7, 11) is 2.04. The molecule has 0 bridgehead atoms. The average Bonchev–Trinajstić information content (AvgIpc) is 2.36. The monoisotopic (exact) mass is 261 g/mol. The molecule has 0 atom stereocenters. The van der Waals surface area contributed by atoms with Gasteiger partial charge in [-0.3, -0.25) is 0 Å². The van der Waals surface area contributed by atoms with Gasteiger partial charge in [0, 0.05) is 0 Å². The average molecular weight is 261 g/mol.